The van der Waals surface area contributed by atoms with E-state index in [2.05, 4.69) is 37.3 Å². The lowest BCUT2D eigenvalue weighted by atomic mass is 9.75. The molecular weight excluding hydrogens is 414 g/mol. The number of fused-ring (bicyclic) bond motifs is 1. The van der Waals surface area contributed by atoms with Crippen molar-refractivity contribution in [3.05, 3.63) is 107 Å². The molecule has 0 aliphatic heterocycles. The van der Waals surface area contributed by atoms with Crippen molar-refractivity contribution >= 4 is 23.5 Å². The number of nitrogens with two attached hydrogens (primary N) is 1. The van der Waals surface area contributed by atoms with E-state index in [9.17, 15) is 9.59 Å². The monoisotopic (exact) mass is 439 g/mol. The summed E-state index contributed by atoms with van der Waals surface area (Å²) in [4.78, 5) is 28.0. The first-order valence-electron chi connectivity index (χ1n) is 10.9. The summed E-state index contributed by atoms with van der Waals surface area (Å²) in [6, 6.07) is 26.3. The zero-order chi connectivity index (χ0) is 22.3. The first-order valence-corrected chi connectivity index (χ1v) is 11.7. The zero-order valence-electron chi connectivity index (χ0n) is 18.0. The van der Waals surface area contributed by atoms with Crippen LogP contribution in [-0.4, -0.2) is 11.7 Å². The van der Waals surface area contributed by atoms with E-state index in [1.165, 1.54) is 5.56 Å². The first kappa shape index (κ1) is 20.8. The predicted molar refractivity (Wildman–Crippen MR) is 128 cm³/mol. The molecule has 3 atom stereocenters. The Hall–Kier alpha value is -3.11. The number of ketones is 1. The lowest BCUT2D eigenvalue weighted by Crippen LogP contribution is -2.40. The molecule has 32 heavy (non-hydrogen) atoms. The second kappa shape index (κ2) is 8.10. The molecule has 0 radical (unpaired) electrons. The number of hydrogen-bond donors (Lipinski definition) is 1. The van der Waals surface area contributed by atoms with Crippen LogP contribution in [0.25, 0.3) is 0 Å². The van der Waals surface area contributed by atoms with E-state index in [1.54, 1.807) is 17.8 Å². The van der Waals surface area contributed by atoms with Gasteiger partial charge in [-0.2, -0.15) is 0 Å². The van der Waals surface area contributed by atoms with Gasteiger partial charge >= 0.3 is 0 Å². The third kappa shape index (κ3) is 3.49. The Bertz CT molecular complexity index is 1220. The number of allylic oxidation sites excluding steroid dienone is 2. The highest BCUT2D eigenvalue weighted by Gasteiger charge is 2.54. The van der Waals surface area contributed by atoms with Crippen molar-refractivity contribution in [1.29, 1.82) is 0 Å². The Morgan fingerprint density at radius 3 is 2.38 bits per heavy atom. The average Bonchev–Trinajstić information content (AvgIpc) is 3.30. The predicted octanol–water partition coefficient (Wildman–Crippen LogP) is 5.57. The topological polar surface area (TPSA) is 60.2 Å². The molecule has 3 nitrogen and oxygen atoms in total. The molecule has 1 fully saturated rings. The van der Waals surface area contributed by atoms with Gasteiger partial charge in [0.2, 0.25) is 5.91 Å². The van der Waals surface area contributed by atoms with E-state index in [0.29, 0.717) is 12.8 Å². The van der Waals surface area contributed by atoms with Gasteiger partial charge in [-0.3, -0.25) is 9.59 Å². The van der Waals surface area contributed by atoms with E-state index in [1.807, 2.05) is 48.5 Å². The summed E-state index contributed by atoms with van der Waals surface area (Å²) in [5.41, 5.74) is 9.54. The minimum absolute atomic E-state index is 0.00910. The normalized spacial score (nSPS) is 24.3. The van der Waals surface area contributed by atoms with Crippen LogP contribution < -0.4 is 5.73 Å². The van der Waals surface area contributed by atoms with Crippen molar-refractivity contribution in [1.82, 2.24) is 0 Å². The molecule has 3 aromatic rings. The lowest BCUT2D eigenvalue weighted by molar-refractivity contribution is -0.124. The van der Waals surface area contributed by atoms with Crippen molar-refractivity contribution in [3.8, 4) is 0 Å². The van der Waals surface area contributed by atoms with E-state index < -0.39 is 5.41 Å². The Labute approximate surface area is 192 Å². The van der Waals surface area contributed by atoms with Crippen LogP contribution in [-0.2, 0) is 15.0 Å². The number of carbonyl (C=O) groups excluding carboxylic acids is 2. The Kier molecular flexibility index (Phi) is 5.26. The molecule has 0 aromatic heterocycles. The van der Waals surface area contributed by atoms with Crippen LogP contribution in [0.3, 0.4) is 0 Å². The molecule has 4 heteroatoms. The second-order valence-electron chi connectivity index (χ2n) is 8.86. The molecule has 0 unspecified atom stereocenters. The summed E-state index contributed by atoms with van der Waals surface area (Å²) in [5, 5.41) is 0. The van der Waals surface area contributed by atoms with Gasteiger partial charge in [-0.1, -0.05) is 83.6 Å². The molecular formula is C28H25NO2S. The van der Waals surface area contributed by atoms with Crippen LogP contribution in [0, 0.1) is 12.8 Å². The molecule has 0 bridgehead atoms. The van der Waals surface area contributed by atoms with Gasteiger partial charge in [0.1, 0.15) is 0 Å². The number of carbonyl (C=O) groups is 2. The molecule has 0 spiro atoms. The second-order valence-corrected chi connectivity index (χ2v) is 9.97. The largest absolute Gasteiger partial charge is 0.369 e. The number of benzene rings is 3. The van der Waals surface area contributed by atoms with Gasteiger partial charge in [0, 0.05) is 9.79 Å². The minimum atomic E-state index is -0.807. The molecule has 1 saturated carbocycles. The molecule has 2 N–H and O–H groups in total. The molecule has 160 valence electrons. The maximum Gasteiger partial charge on any atom is 0.228 e. The third-order valence-electron chi connectivity index (χ3n) is 6.87. The fourth-order valence-corrected chi connectivity index (χ4v) is 6.33. The smallest absolute Gasteiger partial charge is 0.228 e. The summed E-state index contributed by atoms with van der Waals surface area (Å²) >= 11 is 1.66. The summed E-state index contributed by atoms with van der Waals surface area (Å²) in [5.74, 6) is -0.403. The molecule has 2 aliphatic carbocycles. The van der Waals surface area contributed by atoms with Gasteiger partial charge in [0.15, 0.2) is 5.78 Å². The molecule has 0 heterocycles. The molecule has 3 aromatic carbocycles. The van der Waals surface area contributed by atoms with Crippen molar-refractivity contribution in [2.24, 2.45) is 11.7 Å². The van der Waals surface area contributed by atoms with E-state index >= 15 is 0 Å². The summed E-state index contributed by atoms with van der Waals surface area (Å²) in [6.45, 7) is 2.07. The average molecular weight is 440 g/mol. The van der Waals surface area contributed by atoms with E-state index in [4.69, 9.17) is 5.73 Å². The maximum absolute atomic E-state index is 13.0. The van der Waals surface area contributed by atoms with Gasteiger partial charge in [-0.25, -0.2) is 0 Å². The number of primary amides is 1. The zero-order valence-corrected chi connectivity index (χ0v) is 18.8. The van der Waals surface area contributed by atoms with E-state index in [-0.39, 0.29) is 23.5 Å². The van der Waals surface area contributed by atoms with Crippen LogP contribution >= 0.6 is 11.8 Å². The van der Waals surface area contributed by atoms with Crippen LogP contribution in [0.4, 0.5) is 0 Å². The summed E-state index contributed by atoms with van der Waals surface area (Å²) in [6.07, 6.45) is 2.83. The SMILES string of the molecule is Cc1ccc(Sc2ccccc2[C@]2(C(N)=O)CC3=CC(=O)[C@@H](c4ccccc4)[C@@H]3C2)cc1. The van der Waals surface area contributed by atoms with Crippen LogP contribution in [0.2, 0.25) is 0 Å². The summed E-state index contributed by atoms with van der Waals surface area (Å²) < 4.78 is 0. The minimum Gasteiger partial charge on any atom is -0.369 e. The van der Waals surface area contributed by atoms with Crippen molar-refractivity contribution in [3.63, 3.8) is 0 Å². The number of rotatable bonds is 5. The Morgan fingerprint density at radius 2 is 1.66 bits per heavy atom. The van der Waals surface area contributed by atoms with Gasteiger partial charge in [0.25, 0.3) is 0 Å². The van der Waals surface area contributed by atoms with Crippen LogP contribution in [0.1, 0.15) is 35.4 Å². The highest BCUT2D eigenvalue weighted by atomic mass is 32.2. The maximum atomic E-state index is 13.0. The standard InChI is InChI=1S/C28H25NO2S/c1-18-11-13-21(14-12-18)32-25-10-6-5-9-23(25)28(27(29)31)16-20-15-24(30)26(22(20)17-28)19-7-3-2-4-8-19/h2-15,22,26H,16-17H2,1H3,(H2,29,31)/t22-,26+,28+/m1/s1. The fraction of sp³-hybridized carbons (Fsp3) is 0.214. The van der Waals surface area contributed by atoms with Crippen molar-refractivity contribution in [2.45, 2.75) is 40.9 Å². The van der Waals surface area contributed by atoms with Gasteiger partial charge in [0.05, 0.1) is 11.3 Å². The lowest BCUT2D eigenvalue weighted by Gasteiger charge is -2.29. The van der Waals surface area contributed by atoms with Gasteiger partial charge < -0.3 is 5.73 Å². The fourth-order valence-electron chi connectivity index (χ4n) is 5.29. The van der Waals surface area contributed by atoms with Gasteiger partial charge in [-0.05, 0) is 61.1 Å². The number of amides is 1. The first-order chi connectivity index (χ1) is 15.5. The molecule has 5 rings (SSSR count). The molecule has 1 amide bonds. The Balaban J connectivity index is 1.54. The molecule has 2 aliphatic rings. The van der Waals surface area contributed by atoms with Crippen LogP contribution in [0.15, 0.2) is 100 Å². The highest BCUT2D eigenvalue weighted by Crippen LogP contribution is 2.56. The molecule has 0 saturated heterocycles. The third-order valence-corrected chi connectivity index (χ3v) is 7.95. The van der Waals surface area contributed by atoms with Crippen molar-refractivity contribution < 1.29 is 9.59 Å². The van der Waals surface area contributed by atoms with Crippen molar-refractivity contribution in [2.75, 3.05) is 0 Å². The van der Waals surface area contributed by atoms with Gasteiger partial charge in [-0.15, -0.1) is 0 Å². The quantitative estimate of drug-likeness (QED) is 0.565. The summed E-state index contributed by atoms with van der Waals surface area (Å²) in [7, 11) is 0. The van der Waals surface area contributed by atoms with Crippen LogP contribution in [0.5, 0.6) is 0 Å². The Morgan fingerprint density at radius 1 is 0.969 bits per heavy atom. The number of aryl methyl sites for hydroxylation is 1. The number of hydrogen-bond acceptors (Lipinski definition) is 3. The van der Waals surface area contributed by atoms with E-state index in [0.717, 1.165) is 26.5 Å². The highest BCUT2D eigenvalue weighted by molar-refractivity contribution is 7.99.